The highest BCUT2D eigenvalue weighted by molar-refractivity contribution is 5.88. The Bertz CT molecular complexity index is 1020. The molecular formula is C26H30N2O4. The number of carbonyl (C=O) groups excluding carboxylic acids is 1. The first-order valence-electron chi connectivity index (χ1n) is 11.6. The minimum Gasteiger partial charge on any atom is -0.481 e. The first-order chi connectivity index (χ1) is 15.6. The predicted octanol–water partition coefficient (Wildman–Crippen LogP) is 3.02. The molecule has 1 saturated heterocycles. The van der Waals surface area contributed by atoms with E-state index in [4.69, 9.17) is 4.74 Å². The molecule has 0 aromatic heterocycles. The fourth-order valence-electron chi connectivity index (χ4n) is 5.70. The lowest BCUT2D eigenvalue weighted by atomic mass is 9.82. The van der Waals surface area contributed by atoms with Gasteiger partial charge >= 0.3 is 5.97 Å². The van der Waals surface area contributed by atoms with Crippen molar-refractivity contribution in [2.45, 2.75) is 13.0 Å². The van der Waals surface area contributed by atoms with E-state index in [1.165, 1.54) is 0 Å². The zero-order valence-corrected chi connectivity index (χ0v) is 18.2. The van der Waals surface area contributed by atoms with Gasteiger partial charge in [-0.3, -0.25) is 14.5 Å². The second-order valence-corrected chi connectivity index (χ2v) is 9.19. The molecule has 6 nitrogen and oxygen atoms in total. The maximum Gasteiger partial charge on any atom is 0.307 e. The first kappa shape index (κ1) is 21.2. The van der Waals surface area contributed by atoms with E-state index < -0.39 is 17.8 Å². The van der Waals surface area contributed by atoms with Gasteiger partial charge in [0.05, 0.1) is 25.0 Å². The predicted molar refractivity (Wildman–Crippen MR) is 122 cm³/mol. The average Bonchev–Trinajstić information content (AvgIpc) is 3.44. The van der Waals surface area contributed by atoms with Crippen LogP contribution in [0.15, 0.2) is 54.6 Å². The molecule has 2 fully saturated rings. The summed E-state index contributed by atoms with van der Waals surface area (Å²) in [6.45, 7) is 5.02. The van der Waals surface area contributed by atoms with Gasteiger partial charge in [-0.05, 0) is 34.6 Å². The van der Waals surface area contributed by atoms with Crippen molar-refractivity contribution in [3.8, 4) is 0 Å². The van der Waals surface area contributed by atoms with Gasteiger partial charge in [-0.15, -0.1) is 0 Å². The number of nitrogens with zero attached hydrogens (tertiary/aromatic N) is 2. The van der Waals surface area contributed by atoms with Gasteiger partial charge in [0.15, 0.2) is 0 Å². The molecule has 2 bridgehead atoms. The van der Waals surface area contributed by atoms with Gasteiger partial charge in [0.1, 0.15) is 0 Å². The molecule has 168 valence electrons. The lowest BCUT2D eigenvalue weighted by Crippen LogP contribution is -2.47. The molecular weight excluding hydrogens is 404 g/mol. The van der Waals surface area contributed by atoms with E-state index in [1.54, 1.807) is 0 Å². The number of allylic oxidation sites excluding steroid dienone is 2. The number of carboxylic acids is 1. The number of aliphatic carboxylic acids is 1. The number of carbonyl (C=O) groups is 2. The lowest BCUT2D eigenvalue weighted by Gasteiger charge is -2.34. The summed E-state index contributed by atoms with van der Waals surface area (Å²) in [5.74, 6) is -1.94. The van der Waals surface area contributed by atoms with E-state index in [-0.39, 0.29) is 17.7 Å². The standard InChI is InChI=1S/C26H30N2O4/c29-25(23-19-8-9-20(16-19)24(23)26(30)31)28(11-10-27-12-14-32-15-13-27)17-21-6-3-5-18-4-1-2-7-22(18)21/h1-9,19-20,23-24H,10-17H2,(H,30,31). The van der Waals surface area contributed by atoms with E-state index >= 15 is 0 Å². The Morgan fingerprint density at radius 2 is 1.72 bits per heavy atom. The maximum atomic E-state index is 13.8. The molecule has 1 N–H and O–H groups in total. The Kier molecular flexibility index (Phi) is 5.98. The van der Waals surface area contributed by atoms with E-state index in [1.807, 2.05) is 29.2 Å². The molecule has 2 aliphatic carbocycles. The topological polar surface area (TPSA) is 70.1 Å². The lowest BCUT2D eigenvalue weighted by molar-refractivity contribution is -0.151. The van der Waals surface area contributed by atoms with Crippen LogP contribution in [0.4, 0.5) is 0 Å². The second-order valence-electron chi connectivity index (χ2n) is 9.19. The fraction of sp³-hybridized carbons (Fsp3) is 0.462. The summed E-state index contributed by atoms with van der Waals surface area (Å²) in [5.41, 5.74) is 1.10. The van der Waals surface area contributed by atoms with Crippen molar-refractivity contribution in [3.05, 3.63) is 60.2 Å². The van der Waals surface area contributed by atoms with Crippen LogP contribution in [0.2, 0.25) is 0 Å². The number of fused-ring (bicyclic) bond motifs is 3. The summed E-state index contributed by atoms with van der Waals surface area (Å²) in [6.07, 6.45) is 4.83. The molecule has 4 atom stereocenters. The van der Waals surface area contributed by atoms with Crippen LogP contribution in [-0.4, -0.2) is 66.2 Å². The SMILES string of the molecule is O=C(O)C1C2C=CC(C2)C1C(=O)N(CCN1CCOCC1)Cc1cccc2ccccc12. The van der Waals surface area contributed by atoms with E-state index in [0.29, 0.717) is 13.1 Å². The maximum absolute atomic E-state index is 13.8. The molecule has 6 heteroatoms. The summed E-state index contributed by atoms with van der Waals surface area (Å²) in [6, 6.07) is 14.4. The van der Waals surface area contributed by atoms with E-state index in [0.717, 1.165) is 55.6 Å². The zero-order chi connectivity index (χ0) is 22.1. The van der Waals surface area contributed by atoms with Gasteiger partial charge in [-0.1, -0.05) is 54.6 Å². The molecule has 0 radical (unpaired) electrons. The number of rotatable bonds is 7. The van der Waals surface area contributed by atoms with Crippen molar-refractivity contribution < 1.29 is 19.4 Å². The van der Waals surface area contributed by atoms with Crippen LogP contribution in [-0.2, 0) is 20.9 Å². The summed E-state index contributed by atoms with van der Waals surface area (Å²) in [5, 5.41) is 12.2. The zero-order valence-electron chi connectivity index (χ0n) is 18.2. The van der Waals surface area contributed by atoms with Crippen LogP contribution >= 0.6 is 0 Å². The molecule has 32 heavy (non-hydrogen) atoms. The van der Waals surface area contributed by atoms with Crippen LogP contribution in [0.3, 0.4) is 0 Å². The van der Waals surface area contributed by atoms with Crippen LogP contribution in [0, 0.1) is 23.7 Å². The molecule has 1 amide bonds. The Balaban J connectivity index is 1.41. The van der Waals surface area contributed by atoms with Crippen LogP contribution in [0.1, 0.15) is 12.0 Å². The van der Waals surface area contributed by atoms with Crippen molar-refractivity contribution in [1.82, 2.24) is 9.80 Å². The van der Waals surface area contributed by atoms with Crippen molar-refractivity contribution in [2.24, 2.45) is 23.7 Å². The first-order valence-corrected chi connectivity index (χ1v) is 11.6. The van der Waals surface area contributed by atoms with Gasteiger partial charge < -0.3 is 14.7 Å². The van der Waals surface area contributed by atoms with Crippen LogP contribution < -0.4 is 0 Å². The van der Waals surface area contributed by atoms with E-state index in [9.17, 15) is 14.7 Å². The third kappa shape index (κ3) is 4.05. The third-order valence-corrected chi connectivity index (χ3v) is 7.37. The Hall–Kier alpha value is -2.70. The smallest absolute Gasteiger partial charge is 0.307 e. The van der Waals surface area contributed by atoms with Crippen molar-refractivity contribution >= 4 is 22.6 Å². The van der Waals surface area contributed by atoms with Crippen molar-refractivity contribution in [1.29, 1.82) is 0 Å². The second kappa shape index (κ2) is 9.04. The van der Waals surface area contributed by atoms with Gasteiger partial charge in [-0.25, -0.2) is 0 Å². The van der Waals surface area contributed by atoms with Gasteiger partial charge in [0.2, 0.25) is 5.91 Å². The van der Waals surface area contributed by atoms with Crippen LogP contribution in [0.25, 0.3) is 10.8 Å². The average molecular weight is 435 g/mol. The van der Waals surface area contributed by atoms with Gasteiger partial charge in [0.25, 0.3) is 0 Å². The Labute approximate surface area is 188 Å². The third-order valence-electron chi connectivity index (χ3n) is 7.37. The minimum atomic E-state index is -0.849. The number of morpholine rings is 1. The number of hydrogen-bond donors (Lipinski definition) is 1. The molecule has 1 heterocycles. The molecule has 2 aromatic carbocycles. The van der Waals surface area contributed by atoms with Gasteiger partial charge in [-0.2, -0.15) is 0 Å². The molecule has 0 spiro atoms. The Morgan fingerprint density at radius 3 is 2.50 bits per heavy atom. The summed E-state index contributed by atoms with van der Waals surface area (Å²) in [7, 11) is 0. The summed E-state index contributed by atoms with van der Waals surface area (Å²) < 4.78 is 5.46. The molecule has 3 aliphatic rings. The molecule has 5 rings (SSSR count). The quantitative estimate of drug-likeness (QED) is 0.679. The number of amides is 1. The normalized spacial score (nSPS) is 27.1. The number of hydrogen-bond acceptors (Lipinski definition) is 4. The molecule has 1 saturated carbocycles. The number of carboxylic acid groups (broad SMARTS) is 1. The monoisotopic (exact) mass is 434 g/mol. The van der Waals surface area contributed by atoms with Crippen molar-refractivity contribution in [3.63, 3.8) is 0 Å². The highest BCUT2D eigenvalue weighted by atomic mass is 16.5. The summed E-state index contributed by atoms with van der Waals surface area (Å²) >= 11 is 0. The highest BCUT2D eigenvalue weighted by Crippen LogP contribution is 2.49. The van der Waals surface area contributed by atoms with Gasteiger partial charge in [0, 0.05) is 32.7 Å². The van der Waals surface area contributed by atoms with Crippen LogP contribution in [0.5, 0.6) is 0 Å². The molecule has 4 unspecified atom stereocenters. The Morgan fingerprint density at radius 1 is 1.00 bits per heavy atom. The number of benzene rings is 2. The molecule has 1 aliphatic heterocycles. The largest absolute Gasteiger partial charge is 0.481 e. The highest BCUT2D eigenvalue weighted by Gasteiger charge is 2.52. The summed E-state index contributed by atoms with van der Waals surface area (Å²) in [4.78, 5) is 30.1. The number of ether oxygens (including phenoxy) is 1. The molecule has 2 aromatic rings. The minimum absolute atomic E-state index is 0.0181. The fourth-order valence-corrected chi connectivity index (χ4v) is 5.70. The van der Waals surface area contributed by atoms with E-state index in [2.05, 4.69) is 35.2 Å². The van der Waals surface area contributed by atoms with Crippen molar-refractivity contribution in [2.75, 3.05) is 39.4 Å².